The topological polar surface area (TPSA) is 23.6 Å². The predicted octanol–water partition coefficient (Wildman–Crippen LogP) is 0.876. The minimum Gasteiger partial charge on any atom is -0.368 e. The van der Waals surface area contributed by atoms with Gasteiger partial charge in [0.15, 0.2) is 0 Å². The number of piperazine rings is 1. The van der Waals surface area contributed by atoms with Crippen LogP contribution in [-0.2, 0) is 4.79 Å². The average Bonchev–Trinajstić information content (AvgIpc) is 2.30. The maximum Gasteiger partial charge on any atom is 0.312 e. The van der Waals surface area contributed by atoms with Crippen molar-refractivity contribution in [2.45, 2.75) is 0 Å². The zero-order valence-corrected chi connectivity index (χ0v) is 8.02. The zero-order valence-electron chi connectivity index (χ0n) is 8.02. The molecule has 0 atom stereocenters. The molecular weight excluding hydrogens is 176 g/mol. The molecule has 14 heavy (non-hydrogen) atoms. The molecule has 1 aliphatic rings. The van der Waals surface area contributed by atoms with Crippen molar-refractivity contribution in [1.29, 1.82) is 0 Å². The molecule has 1 aromatic rings. The molecule has 1 fully saturated rings. The first-order valence-electron chi connectivity index (χ1n) is 4.83. The van der Waals surface area contributed by atoms with Crippen molar-refractivity contribution in [2.75, 3.05) is 31.1 Å². The maximum atomic E-state index is 10.4. The van der Waals surface area contributed by atoms with Gasteiger partial charge in [0.25, 0.3) is 0 Å². The number of carbonyl (C=O) groups excluding carboxylic acids is 1. The second kappa shape index (κ2) is 4.13. The van der Waals surface area contributed by atoms with E-state index in [1.54, 1.807) is 4.90 Å². The SMILES string of the molecule is O=[C]N1CCN(c2ccccc2)CC1. The molecule has 1 heterocycles. The number of anilines is 1. The van der Waals surface area contributed by atoms with Crippen LogP contribution in [0.4, 0.5) is 5.69 Å². The van der Waals surface area contributed by atoms with Crippen LogP contribution in [0, 0.1) is 0 Å². The maximum absolute atomic E-state index is 10.4. The van der Waals surface area contributed by atoms with Gasteiger partial charge in [-0.15, -0.1) is 0 Å². The van der Waals surface area contributed by atoms with Gasteiger partial charge in [-0.2, -0.15) is 0 Å². The second-order valence-corrected chi connectivity index (χ2v) is 3.40. The van der Waals surface area contributed by atoms with Crippen LogP contribution in [0.25, 0.3) is 0 Å². The normalized spacial score (nSPS) is 16.9. The molecule has 3 nitrogen and oxygen atoms in total. The van der Waals surface area contributed by atoms with Crippen LogP contribution in [0.3, 0.4) is 0 Å². The van der Waals surface area contributed by atoms with Gasteiger partial charge in [0.1, 0.15) is 0 Å². The molecule has 1 radical (unpaired) electrons. The Kier molecular flexibility index (Phi) is 2.68. The molecule has 2 rings (SSSR count). The summed E-state index contributed by atoms with van der Waals surface area (Å²) < 4.78 is 0. The van der Waals surface area contributed by atoms with Crippen molar-refractivity contribution in [3.8, 4) is 0 Å². The predicted molar refractivity (Wildman–Crippen MR) is 55.9 cm³/mol. The average molecular weight is 189 g/mol. The van der Waals surface area contributed by atoms with Crippen LogP contribution in [0.2, 0.25) is 0 Å². The number of hydrogen-bond donors (Lipinski definition) is 0. The number of benzene rings is 1. The Morgan fingerprint density at radius 3 is 2.21 bits per heavy atom. The smallest absolute Gasteiger partial charge is 0.312 e. The highest BCUT2D eigenvalue weighted by molar-refractivity contribution is 5.51. The van der Waals surface area contributed by atoms with Crippen molar-refractivity contribution in [2.24, 2.45) is 0 Å². The molecule has 0 aromatic heterocycles. The summed E-state index contributed by atoms with van der Waals surface area (Å²) in [4.78, 5) is 14.4. The molecule has 0 spiro atoms. The lowest BCUT2D eigenvalue weighted by atomic mass is 10.2. The molecule has 0 unspecified atom stereocenters. The second-order valence-electron chi connectivity index (χ2n) is 3.40. The number of amides is 1. The highest BCUT2D eigenvalue weighted by atomic mass is 16.1. The van der Waals surface area contributed by atoms with E-state index in [1.807, 2.05) is 24.6 Å². The Bertz CT molecular complexity index is 291. The molecule has 73 valence electrons. The third-order valence-corrected chi connectivity index (χ3v) is 2.53. The van der Waals surface area contributed by atoms with E-state index in [4.69, 9.17) is 0 Å². The molecule has 1 amide bonds. The van der Waals surface area contributed by atoms with E-state index in [-0.39, 0.29) is 0 Å². The summed E-state index contributed by atoms with van der Waals surface area (Å²) in [6, 6.07) is 10.3. The molecule has 1 saturated heterocycles. The number of hydrogen-bond acceptors (Lipinski definition) is 2. The van der Waals surface area contributed by atoms with Gasteiger partial charge in [-0.3, -0.25) is 4.79 Å². The summed E-state index contributed by atoms with van der Waals surface area (Å²) in [6.07, 6.45) is 1.93. The molecular formula is C11H13N2O. The largest absolute Gasteiger partial charge is 0.368 e. The minimum absolute atomic E-state index is 0.776. The first-order chi connectivity index (χ1) is 6.90. The summed E-state index contributed by atoms with van der Waals surface area (Å²) in [5, 5.41) is 0. The van der Waals surface area contributed by atoms with Gasteiger partial charge in [0.2, 0.25) is 0 Å². The monoisotopic (exact) mass is 189 g/mol. The molecule has 0 saturated carbocycles. The molecule has 3 heteroatoms. The van der Waals surface area contributed by atoms with Gasteiger partial charge in [0, 0.05) is 31.9 Å². The molecule has 0 aliphatic carbocycles. The van der Waals surface area contributed by atoms with Crippen LogP contribution in [0.1, 0.15) is 0 Å². The van der Waals surface area contributed by atoms with Crippen molar-refractivity contribution in [1.82, 2.24) is 4.90 Å². The Balaban J connectivity index is 1.99. The fraction of sp³-hybridized carbons (Fsp3) is 0.364. The lowest BCUT2D eigenvalue weighted by molar-refractivity contribution is 0.357. The fourth-order valence-corrected chi connectivity index (χ4v) is 1.69. The van der Waals surface area contributed by atoms with E-state index in [9.17, 15) is 4.79 Å². The van der Waals surface area contributed by atoms with Gasteiger partial charge in [0.05, 0.1) is 0 Å². The Hall–Kier alpha value is -1.51. The van der Waals surface area contributed by atoms with Gasteiger partial charge in [-0.25, -0.2) is 0 Å². The quantitative estimate of drug-likeness (QED) is 0.689. The van der Waals surface area contributed by atoms with E-state index >= 15 is 0 Å². The number of rotatable bonds is 2. The summed E-state index contributed by atoms with van der Waals surface area (Å²) >= 11 is 0. The van der Waals surface area contributed by atoms with E-state index in [1.165, 1.54) is 5.69 Å². The third kappa shape index (κ3) is 1.87. The summed E-state index contributed by atoms with van der Waals surface area (Å²) in [6.45, 7) is 3.36. The van der Waals surface area contributed by atoms with Crippen LogP contribution in [0.15, 0.2) is 30.3 Å². The molecule has 0 bridgehead atoms. The Labute approximate surface area is 83.9 Å². The van der Waals surface area contributed by atoms with Crippen LogP contribution in [0.5, 0.6) is 0 Å². The molecule has 1 aromatic carbocycles. The summed E-state index contributed by atoms with van der Waals surface area (Å²) in [5.41, 5.74) is 1.23. The van der Waals surface area contributed by atoms with Crippen molar-refractivity contribution >= 4 is 12.1 Å². The van der Waals surface area contributed by atoms with Gasteiger partial charge >= 0.3 is 6.41 Å². The highest BCUT2D eigenvalue weighted by Gasteiger charge is 2.15. The lowest BCUT2D eigenvalue weighted by Crippen LogP contribution is -2.45. The fourth-order valence-electron chi connectivity index (χ4n) is 1.69. The lowest BCUT2D eigenvalue weighted by Gasteiger charge is -2.33. The minimum atomic E-state index is 0.776. The van der Waals surface area contributed by atoms with E-state index in [0.29, 0.717) is 0 Å². The zero-order chi connectivity index (χ0) is 9.80. The van der Waals surface area contributed by atoms with Crippen LogP contribution in [-0.4, -0.2) is 37.5 Å². The molecule has 1 aliphatic heterocycles. The van der Waals surface area contributed by atoms with Gasteiger partial charge in [-0.1, -0.05) is 18.2 Å². The highest BCUT2D eigenvalue weighted by Crippen LogP contribution is 2.14. The Morgan fingerprint density at radius 2 is 1.64 bits per heavy atom. The summed E-state index contributed by atoms with van der Waals surface area (Å²) in [7, 11) is 0. The van der Waals surface area contributed by atoms with Gasteiger partial charge in [-0.05, 0) is 12.1 Å². The third-order valence-electron chi connectivity index (χ3n) is 2.53. The van der Waals surface area contributed by atoms with Crippen molar-refractivity contribution in [3.05, 3.63) is 30.3 Å². The first kappa shape index (κ1) is 9.06. The van der Waals surface area contributed by atoms with Gasteiger partial charge < -0.3 is 9.80 Å². The van der Waals surface area contributed by atoms with E-state index in [2.05, 4.69) is 17.0 Å². The van der Waals surface area contributed by atoms with E-state index < -0.39 is 0 Å². The van der Waals surface area contributed by atoms with E-state index in [0.717, 1.165) is 26.2 Å². The van der Waals surface area contributed by atoms with Crippen LogP contribution >= 0.6 is 0 Å². The standard InChI is InChI=1S/C11H13N2O/c14-10-12-6-8-13(9-7-12)11-4-2-1-3-5-11/h1-5H,6-9H2. The van der Waals surface area contributed by atoms with Crippen molar-refractivity contribution in [3.63, 3.8) is 0 Å². The number of para-hydroxylation sites is 1. The van der Waals surface area contributed by atoms with Crippen molar-refractivity contribution < 1.29 is 4.79 Å². The molecule has 0 N–H and O–H groups in total. The first-order valence-corrected chi connectivity index (χ1v) is 4.83. The number of nitrogens with zero attached hydrogens (tertiary/aromatic N) is 2. The van der Waals surface area contributed by atoms with Crippen LogP contribution < -0.4 is 4.90 Å². The Morgan fingerprint density at radius 1 is 1.00 bits per heavy atom. The summed E-state index contributed by atoms with van der Waals surface area (Å²) in [5.74, 6) is 0.